The molecule has 0 aromatic carbocycles. The number of Topliss-reactive ketones (excluding diaryl/α,β-unsaturated/α-hetero) is 1. The van der Waals surface area contributed by atoms with Gasteiger partial charge in [-0.15, -0.1) is 0 Å². The van der Waals surface area contributed by atoms with Crippen LogP contribution < -0.4 is 0 Å². The molecule has 0 aromatic heterocycles. The summed E-state index contributed by atoms with van der Waals surface area (Å²) in [6, 6.07) is 0. The van der Waals surface area contributed by atoms with Crippen molar-refractivity contribution in [3.05, 3.63) is 0 Å². The smallest absolute Gasteiger partial charge is 0.196 e. The highest BCUT2D eigenvalue weighted by Crippen LogP contribution is 2.70. The summed E-state index contributed by atoms with van der Waals surface area (Å²) in [5.74, 6) is 1.37. The van der Waals surface area contributed by atoms with E-state index in [0.29, 0.717) is 54.6 Å². The largest absolute Gasteiger partial charge is 0.393 e. The summed E-state index contributed by atoms with van der Waals surface area (Å²) in [4.78, 5) is 13.6. The van der Waals surface area contributed by atoms with Gasteiger partial charge in [-0.05, 0) is 91.8 Å². The Labute approximate surface area is 244 Å². The number of ether oxygens (including phenoxy) is 4. The van der Waals surface area contributed by atoms with Crippen molar-refractivity contribution in [2.45, 2.75) is 148 Å². The monoisotopic (exact) mass is 576 g/mol. The van der Waals surface area contributed by atoms with Gasteiger partial charge in [0.1, 0.15) is 30.2 Å². The molecule has 3 heterocycles. The number of rotatable bonds is 1. The Bertz CT molecular complexity index is 1050. The van der Waals surface area contributed by atoms with Gasteiger partial charge in [0.25, 0.3) is 0 Å². The molecule has 7 rings (SSSR count). The van der Waals surface area contributed by atoms with Crippen LogP contribution in [-0.2, 0) is 23.7 Å². The maximum atomic E-state index is 13.6. The van der Waals surface area contributed by atoms with E-state index in [1.54, 1.807) is 6.92 Å². The SMILES string of the molecule is CC(C)[C@@H]1OC2O[C@H](C)[C@H](O)[C@H](O)C2OC12C[C@@H](C)[C@H]1[C@H](C[C@H]3[C@@H]4CC(=O)[C@H]5C[C@@H](O)CC[C@]5(C)[C@H]4CC[C@]13C)O2. The highest BCUT2D eigenvalue weighted by atomic mass is 16.8. The van der Waals surface area contributed by atoms with Gasteiger partial charge in [0.05, 0.1) is 18.3 Å². The number of carbonyl (C=O) groups is 1. The number of fused-ring (bicyclic) bond motifs is 8. The van der Waals surface area contributed by atoms with E-state index in [1.807, 2.05) is 0 Å². The third-order valence-electron chi connectivity index (χ3n) is 13.5. The van der Waals surface area contributed by atoms with E-state index in [2.05, 4.69) is 34.6 Å². The van der Waals surface area contributed by atoms with Crippen LogP contribution in [0, 0.1) is 52.3 Å². The van der Waals surface area contributed by atoms with Gasteiger partial charge in [0.15, 0.2) is 12.1 Å². The Morgan fingerprint density at radius 1 is 0.902 bits per heavy atom. The fourth-order valence-corrected chi connectivity index (χ4v) is 11.8. The molecular formula is C33H52O8. The molecular weight excluding hydrogens is 524 g/mol. The summed E-state index contributed by atoms with van der Waals surface area (Å²) >= 11 is 0. The first-order valence-corrected chi connectivity index (χ1v) is 16.5. The van der Waals surface area contributed by atoms with Crippen LogP contribution in [0.2, 0.25) is 0 Å². The fourth-order valence-electron chi connectivity index (χ4n) is 11.8. The summed E-state index contributed by atoms with van der Waals surface area (Å²) in [7, 11) is 0. The minimum absolute atomic E-state index is 0.00581. The zero-order valence-corrected chi connectivity index (χ0v) is 25.7. The Hall–Kier alpha value is -0.610. The third-order valence-corrected chi connectivity index (χ3v) is 13.5. The van der Waals surface area contributed by atoms with Crippen LogP contribution in [0.25, 0.3) is 0 Å². The summed E-state index contributed by atoms with van der Waals surface area (Å²) < 4.78 is 26.4. The van der Waals surface area contributed by atoms with Crippen LogP contribution in [-0.4, -0.2) is 75.9 Å². The third kappa shape index (κ3) is 4.07. The Morgan fingerprint density at radius 3 is 2.37 bits per heavy atom. The number of hydrogen-bond donors (Lipinski definition) is 3. The second kappa shape index (κ2) is 9.69. The minimum Gasteiger partial charge on any atom is -0.393 e. The van der Waals surface area contributed by atoms with Crippen LogP contribution >= 0.6 is 0 Å². The van der Waals surface area contributed by atoms with Gasteiger partial charge in [-0.1, -0.05) is 34.6 Å². The molecule has 0 radical (unpaired) electrons. The lowest BCUT2D eigenvalue weighted by Gasteiger charge is -2.61. The molecule has 3 saturated heterocycles. The average molecular weight is 577 g/mol. The fraction of sp³-hybridized carbons (Fsp3) is 0.970. The number of carbonyl (C=O) groups excluding carboxylic acids is 1. The van der Waals surface area contributed by atoms with E-state index in [9.17, 15) is 20.1 Å². The van der Waals surface area contributed by atoms with Crippen molar-refractivity contribution in [3.8, 4) is 0 Å². The van der Waals surface area contributed by atoms with Crippen LogP contribution in [0.3, 0.4) is 0 Å². The standard InChI is InChI=1S/C33H52O8/c1-15(2)29-33(41-28-27(37)26(36)17(4)38-30(28)39-29)14-16(3)25-24(40-33)13-21-19-12-23(35)22-11-18(34)7-9-31(22,5)20(19)8-10-32(21,25)6/h15-22,24-30,34,36-37H,7-14H2,1-6H3/t16-,17-,18+,19-,20+,21+,22-,24+,25+,26+,27+,28?,29+,30?,31-,32+,33?/m1/s1. The molecule has 3 unspecified atom stereocenters. The van der Waals surface area contributed by atoms with Gasteiger partial charge in [0.2, 0.25) is 0 Å². The minimum atomic E-state index is -1.12. The molecule has 7 aliphatic rings. The molecule has 3 N–H and O–H groups in total. The van der Waals surface area contributed by atoms with E-state index in [4.69, 9.17) is 18.9 Å². The number of aliphatic hydroxyl groups excluding tert-OH is 3. The Kier molecular flexibility index (Phi) is 6.88. The number of hydrogen-bond acceptors (Lipinski definition) is 8. The molecule has 17 atom stereocenters. The maximum absolute atomic E-state index is 13.6. The predicted molar refractivity (Wildman–Crippen MR) is 149 cm³/mol. The average Bonchev–Trinajstić information content (AvgIpc) is 3.21. The summed E-state index contributed by atoms with van der Waals surface area (Å²) in [6.45, 7) is 13.1. The van der Waals surface area contributed by atoms with Crippen LogP contribution in [0.15, 0.2) is 0 Å². The quantitative estimate of drug-likeness (QED) is 0.432. The van der Waals surface area contributed by atoms with Gasteiger partial charge in [-0.25, -0.2) is 0 Å². The van der Waals surface area contributed by atoms with Crippen LogP contribution in [0.5, 0.6) is 0 Å². The van der Waals surface area contributed by atoms with Crippen molar-refractivity contribution in [2.24, 2.45) is 52.3 Å². The number of ketones is 1. The predicted octanol–water partition coefficient (Wildman–Crippen LogP) is 3.82. The second-order valence-electron chi connectivity index (χ2n) is 16.1. The molecule has 3 aliphatic heterocycles. The van der Waals surface area contributed by atoms with Gasteiger partial charge < -0.3 is 34.3 Å². The van der Waals surface area contributed by atoms with Gasteiger partial charge in [0, 0.05) is 18.8 Å². The molecule has 232 valence electrons. The van der Waals surface area contributed by atoms with E-state index >= 15 is 0 Å². The number of aliphatic hydroxyl groups is 3. The van der Waals surface area contributed by atoms with Crippen molar-refractivity contribution in [2.75, 3.05) is 0 Å². The lowest BCUT2D eigenvalue weighted by Crippen LogP contribution is -2.71. The van der Waals surface area contributed by atoms with Crippen LogP contribution in [0.4, 0.5) is 0 Å². The molecule has 41 heavy (non-hydrogen) atoms. The van der Waals surface area contributed by atoms with Crippen molar-refractivity contribution in [1.29, 1.82) is 0 Å². The normalized spacial score (nSPS) is 60.2. The Balaban J connectivity index is 1.18. The maximum Gasteiger partial charge on any atom is 0.196 e. The van der Waals surface area contributed by atoms with Crippen molar-refractivity contribution < 1.29 is 39.1 Å². The zero-order valence-electron chi connectivity index (χ0n) is 25.7. The molecule has 4 saturated carbocycles. The first-order chi connectivity index (χ1) is 19.3. The molecule has 0 amide bonds. The van der Waals surface area contributed by atoms with E-state index in [-0.39, 0.29) is 41.0 Å². The van der Waals surface area contributed by atoms with Gasteiger partial charge in [-0.2, -0.15) is 0 Å². The zero-order chi connectivity index (χ0) is 29.2. The van der Waals surface area contributed by atoms with E-state index in [1.165, 1.54) is 0 Å². The lowest BCUT2D eigenvalue weighted by atomic mass is 9.44. The molecule has 8 heteroatoms. The summed E-state index contributed by atoms with van der Waals surface area (Å²) in [5.41, 5.74) is 0.0736. The van der Waals surface area contributed by atoms with E-state index < -0.39 is 36.5 Å². The van der Waals surface area contributed by atoms with Crippen molar-refractivity contribution in [3.63, 3.8) is 0 Å². The van der Waals surface area contributed by atoms with Crippen molar-refractivity contribution >= 4 is 5.78 Å². The van der Waals surface area contributed by atoms with E-state index in [0.717, 1.165) is 32.1 Å². The molecule has 8 nitrogen and oxygen atoms in total. The Morgan fingerprint density at radius 2 is 1.63 bits per heavy atom. The molecule has 1 spiro atoms. The molecule has 7 fully saturated rings. The molecule has 0 aromatic rings. The van der Waals surface area contributed by atoms with Crippen LogP contribution in [0.1, 0.15) is 92.9 Å². The molecule has 4 aliphatic carbocycles. The van der Waals surface area contributed by atoms with Crippen molar-refractivity contribution in [1.82, 2.24) is 0 Å². The highest BCUT2D eigenvalue weighted by Gasteiger charge is 2.69. The summed E-state index contributed by atoms with van der Waals surface area (Å²) in [5, 5.41) is 32.0. The highest BCUT2D eigenvalue weighted by molar-refractivity contribution is 5.83. The second-order valence-corrected chi connectivity index (χ2v) is 16.1. The lowest BCUT2D eigenvalue weighted by molar-refractivity contribution is -0.457. The molecule has 0 bridgehead atoms. The topological polar surface area (TPSA) is 115 Å². The summed E-state index contributed by atoms with van der Waals surface area (Å²) in [6.07, 6.45) is 1.84. The first kappa shape index (κ1) is 29.1. The van der Waals surface area contributed by atoms with Gasteiger partial charge in [-0.3, -0.25) is 4.79 Å². The first-order valence-electron chi connectivity index (χ1n) is 16.5. The van der Waals surface area contributed by atoms with Gasteiger partial charge >= 0.3 is 0 Å².